The van der Waals surface area contributed by atoms with E-state index in [1.807, 2.05) is 0 Å². The second-order valence-corrected chi connectivity index (χ2v) is 4.63. The normalized spacial score (nSPS) is 11.2. The van der Waals surface area contributed by atoms with Gasteiger partial charge in [-0.2, -0.15) is 0 Å². The van der Waals surface area contributed by atoms with Gasteiger partial charge in [-0.25, -0.2) is 0 Å². The molecule has 2 rings (SSSR count). The molecule has 0 saturated carbocycles. The minimum atomic E-state index is -4.69. The largest absolute Gasteiger partial charge is 0.573 e. The van der Waals surface area contributed by atoms with Crippen molar-refractivity contribution in [2.75, 3.05) is 11.9 Å². The fourth-order valence-electron chi connectivity index (χ4n) is 1.49. The molecule has 1 aromatic heterocycles. The van der Waals surface area contributed by atoms with E-state index in [-0.39, 0.29) is 5.75 Å². The molecule has 0 N–H and O–H groups in total. The van der Waals surface area contributed by atoms with Gasteiger partial charge in [0.25, 0.3) is 0 Å². The van der Waals surface area contributed by atoms with Crippen molar-refractivity contribution in [3.05, 3.63) is 41.0 Å². The van der Waals surface area contributed by atoms with Crippen LogP contribution in [0.15, 0.2) is 41.0 Å². The smallest absolute Gasteiger partial charge is 0.406 e. The van der Waals surface area contributed by atoms with E-state index < -0.39 is 6.36 Å². The van der Waals surface area contributed by atoms with E-state index in [1.54, 1.807) is 24.1 Å². The van der Waals surface area contributed by atoms with E-state index in [2.05, 4.69) is 30.9 Å². The summed E-state index contributed by atoms with van der Waals surface area (Å²) in [5, 5.41) is 7.80. The van der Waals surface area contributed by atoms with Gasteiger partial charge in [-0.1, -0.05) is 0 Å². The molecule has 1 aromatic carbocycles. The molecule has 0 aliphatic rings. The van der Waals surface area contributed by atoms with Crippen LogP contribution in [-0.4, -0.2) is 23.6 Å². The Labute approximate surface area is 121 Å². The molecule has 0 bridgehead atoms. The van der Waals surface area contributed by atoms with E-state index in [0.29, 0.717) is 16.1 Å². The number of nitrogens with zero attached hydrogens (tertiary/aromatic N) is 3. The third-order valence-corrected chi connectivity index (χ3v) is 2.84. The summed E-state index contributed by atoms with van der Waals surface area (Å²) in [4.78, 5) is 1.69. The highest BCUT2D eigenvalue weighted by Crippen LogP contribution is 2.27. The van der Waals surface area contributed by atoms with Gasteiger partial charge in [0.1, 0.15) is 10.4 Å². The Morgan fingerprint density at radius 3 is 2.20 bits per heavy atom. The van der Waals surface area contributed by atoms with Crippen molar-refractivity contribution >= 4 is 27.4 Å². The van der Waals surface area contributed by atoms with Crippen molar-refractivity contribution in [2.24, 2.45) is 0 Å². The molecular weight excluding hydrogens is 339 g/mol. The Morgan fingerprint density at radius 1 is 1.05 bits per heavy atom. The van der Waals surface area contributed by atoms with Crippen LogP contribution >= 0.6 is 15.9 Å². The van der Waals surface area contributed by atoms with E-state index >= 15 is 0 Å². The summed E-state index contributed by atoms with van der Waals surface area (Å²) in [6, 6.07) is 8.95. The van der Waals surface area contributed by atoms with Crippen LogP contribution in [0, 0.1) is 0 Å². The van der Waals surface area contributed by atoms with Gasteiger partial charge in [-0.3, -0.25) is 0 Å². The maximum absolute atomic E-state index is 12.0. The monoisotopic (exact) mass is 347 g/mol. The highest BCUT2D eigenvalue weighted by atomic mass is 79.9. The predicted octanol–water partition coefficient (Wildman–Crippen LogP) is 3.91. The molecule has 0 aliphatic heterocycles. The van der Waals surface area contributed by atoms with E-state index in [9.17, 15) is 13.2 Å². The average Bonchev–Trinajstić information content (AvgIpc) is 2.38. The van der Waals surface area contributed by atoms with E-state index in [0.717, 1.165) is 0 Å². The number of benzene rings is 1. The van der Waals surface area contributed by atoms with Gasteiger partial charge in [-0.15, -0.1) is 23.4 Å². The third kappa shape index (κ3) is 3.83. The zero-order valence-corrected chi connectivity index (χ0v) is 11.8. The second kappa shape index (κ2) is 5.66. The summed E-state index contributed by atoms with van der Waals surface area (Å²) < 4.78 is 40.5. The number of ether oxygens (including phenoxy) is 1. The Balaban J connectivity index is 2.15. The molecule has 2 aromatic rings. The van der Waals surface area contributed by atoms with Crippen LogP contribution in [0.3, 0.4) is 0 Å². The molecular formula is C12H9BrF3N3O. The lowest BCUT2D eigenvalue weighted by Gasteiger charge is -2.18. The number of rotatable bonds is 3. The first-order chi connectivity index (χ1) is 9.35. The molecule has 0 fully saturated rings. The molecule has 0 spiro atoms. The lowest BCUT2D eigenvalue weighted by Crippen LogP contribution is -2.17. The van der Waals surface area contributed by atoms with Crippen LogP contribution in [0.5, 0.6) is 5.75 Å². The summed E-state index contributed by atoms with van der Waals surface area (Å²) in [5.74, 6) is 0.300. The van der Waals surface area contributed by atoms with Crippen LogP contribution in [0.4, 0.5) is 24.7 Å². The fraction of sp³-hybridized carbons (Fsp3) is 0.167. The maximum atomic E-state index is 12.0. The maximum Gasteiger partial charge on any atom is 0.573 e. The van der Waals surface area contributed by atoms with Crippen LogP contribution in [-0.2, 0) is 0 Å². The van der Waals surface area contributed by atoms with Gasteiger partial charge in [0.05, 0.1) is 0 Å². The van der Waals surface area contributed by atoms with Crippen molar-refractivity contribution < 1.29 is 17.9 Å². The molecule has 0 radical (unpaired) electrons. The summed E-state index contributed by atoms with van der Waals surface area (Å²) in [5.41, 5.74) is 0.663. The fourth-order valence-corrected chi connectivity index (χ4v) is 1.70. The van der Waals surface area contributed by atoms with Crippen molar-refractivity contribution in [2.45, 2.75) is 6.36 Å². The molecule has 106 valence electrons. The number of hydrogen-bond donors (Lipinski definition) is 0. The lowest BCUT2D eigenvalue weighted by atomic mass is 10.3. The molecule has 0 unspecified atom stereocenters. The van der Waals surface area contributed by atoms with Gasteiger partial charge in [0, 0.05) is 12.7 Å². The molecule has 0 amide bonds. The molecule has 0 saturated heterocycles. The van der Waals surface area contributed by atoms with Gasteiger partial charge >= 0.3 is 6.36 Å². The molecule has 0 atom stereocenters. The summed E-state index contributed by atoms with van der Waals surface area (Å²) >= 11 is 3.17. The van der Waals surface area contributed by atoms with Crippen LogP contribution < -0.4 is 9.64 Å². The number of aromatic nitrogens is 2. The van der Waals surface area contributed by atoms with E-state index in [4.69, 9.17) is 0 Å². The molecule has 4 nitrogen and oxygen atoms in total. The van der Waals surface area contributed by atoms with Crippen molar-refractivity contribution in [1.29, 1.82) is 0 Å². The van der Waals surface area contributed by atoms with Crippen LogP contribution in [0.25, 0.3) is 0 Å². The first-order valence-corrected chi connectivity index (χ1v) is 6.23. The molecule has 1 heterocycles. The summed E-state index contributed by atoms with van der Waals surface area (Å²) in [7, 11) is 1.73. The van der Waals surface area contributed by atoms with Gasteiger partial charge in [-0.05, 0) is 52.3 Å². The first-order valence-electron chi connectivity index (χ1n) is 5.44. The zero-order valence-electron chi connectivity index (χ0n) is 10.2. The molecule has 20 heavy (non-hydrogen) atoms. The Morgan fingerprint density at radius 2 is 1.70 bits per heavy atom. The number of alkyl halides is 3. The zero-order chi connectivity index (χ0) is 14.8. The molecule has 8 heteroatoms. The number of halogens is 4. The van der Waals surface area contributed by atoms with Gasteiger partial charge in [0.15, 0.2) is 5.82 Å². The molecule has 0 aliphatic carbocycles. The van der Waals surface area contributed by atoms with Crippen LogP contribution in [0.2, 0.25) is 0 Å². The highest BCUT2D eigenvalue weighted by Gasteiger charge is 2.31. The number of anilines is 2. The minimum Gasteiger partial charge on any atom is -0.406 e. The topological polar surface area (TPSA) is 38.2 Å². The minimum absolute atomic E-state index is 0.267. The SMILES string of the molecule is CN(c1ccc(OC(F)(F)F)cc1)c1ccc(Br)nn1. The Kier molecular flexibility index (Phi) is 4.12. The quantitative estimate of drug-likeness (QED) is 0.843. The predicted molar refractivity (Wildman–Crippen MR) is 70.9 cm³/mol. The highest BCUT2D eigenvalue weighted by molar-refractivity contribution is 9.10. The lowest BCUT2D eigenvalue weighted by molar-refractivity contribution is -0.274. The summed E-state index contributed by atoms with van der Waals surface area (Å²) in [6.45, 7) is 0. The van der Waals surface area contributed by atoms with Crippen molar-refractivity contribution in [1.82, 2.24) is 10.2 Å². The average molecular weight is 348 g/mol. The van der Waals surface area contributed by atoms with Gasteiger partial charge < -0.3 is 9.64 Å². The standard InChI is InChI=1S/C12H9BrF3N3O/c1-19(11-7-6-10(13)17-18-11)8-2-4-9(5-3-8)20-12(14,15)16/h2-7H,1H3. The van der Waals surface area contributed by atoms with Crippen molar-refractivity contribution in [3.8, 4) is 5.75 Å². The van der Waals surface area contributed by atoms with Crippen LogP contribution in [0.1, 0.15) is 0 Å². The van der Waals surface area contributed by atoms with Gasteiger partial charge in [0.2, 0.25) is 0 Å². The van der Waals surface area contributed by atoms with Crippen molar-refractivity contribution in [3.63, 3.8) is 0 Å². The first kappa shape index (κ1) is 14.6. The Hall–Kier alpha value is -1.83. The second-order valence-electron chi connectivity index (χ2n) is 3.81. The number of hydrogen-bond acceptors (Lipinski definition) is 4. The Bertz CT molecular complexity index is 572. The van der Waals surface area contributed by atoms with E-state index in [1.165, 1.54) is 24.3 Å². The summed E-state index contributed by atoms with van der Waals surface area (Å²) in [6.07, 6.45) is -4.69. The third-order valence-electron chi connectivity index (χ3n) is 2.42.